The van der Waals surface area contributed by atoms with Crippen LogP contribution < -0.4 is 10.6 Å². The molecule has 0 atom stereocenters. The molecule has 1 aromatic heterocycles. The van der Waals surface area contributed by atoms with E-state index < -0.39 is 0 Å². The molecule has 3 rings (SSSR count). The van der Waals surface area contributed by atoms with Gasteiger partial charge in [0, 0.05) is 16.8 Å². The van der Waals surface area contributed by atoms with Crippen LogP contribution in [-0.4, -0.2) is 10.9 Å². The first-order valence-corrected chi connectivity index (χ1v) is 8.71. The summed E-state index contributed by atoms with van der Waals surface area (Å²) in [5.74, 6) is -0.393. The zero-order chi connectivity index (χ0) is 17.8. The summed E-state index contributed by atoms with van der Waals surface area (Å²) < 4.78 is 12.9. The van der Waals surface area contributed by atoms with Crippen LogP contribution in [0, 0.1) is 19.7 Å². The highest BCUT2D eigenvalue weighted by Gasteiger charge is 2.09. The fourth-order valence-electron chi connectivity index (χ4n) is 2.29. The maximum absolute atomic E-state index is 12.9. The Bertz CT molecular complexity index is 890. The highest BCUT2D eigenvalue weighted by Crippen LogP contribution is 2.22. The van der Waals surface area contributed by atoms with Gasteiger partial charge in [-0.3, -0.25) is 4.79 Å². The molecule has 2 N–H and O–H groups in total. The minimum atomic E-state index is -0.284. The Balaban J connectivity index is 1.59. The Labute approximate surface area is 149 Å². The number of nitrogens with one attached hydrogen (secondary N) is 2. The number of aromatic nitrogens is 1. The lowest BCUT2D eigenvalue weighted by molar-refractivity contribution is -0.115. The summed E-state index contributed by atoms with van der Waals surface area (Å²) in [4.78, 5) is 16.6. The average Bonchev–Trinajstić information content (AvgIpc) is 3.00. The second-order valence-corrected chi connectivity index (χ2v) is 6.66. The SMILES string of the molecule is Cc1ccc(NC(=O)Cc2csc(Nc3ccc(F)cc3)n2)cc1C. The van der Waals surface area contributed by atoms with Crippen LogP contribution in [0.4, 0.5) is 20.9 Å². The molecule has 4 nitrogen and oxygen atoms in total. The molecule has 1 heterocycles. The van der Waals surface area contributed by atoms with Gasteiger partial charge in [0.1, 0.15) is 5.82 Å². The Morgan fingerprint density at radius 1 is 1.08 bits per heavy atom. The van der Waals surface area contributed by atoms with Gasteiger partial charge in [0.2, 0.25) is 5.91 Å². The van der Waals surface area contributed by atoms with Gasteiger partial charge >= 0.3 is 0 Å². The molecule has 0 unspecified atom stereocenters. The maximum Gasteiger partial charge on any atom is 0.230 e. The Morgan fingerprint density at radius 2 is 1.80 bits per heavy atom. The zero-order valence-corrected chi connectivity index (χ0v) is 14.8. The summed E-state index contributed by atoms with van der Waals surface area (Å²) in [5, 5.41) is 8.49. The van der Waals surface area contributed by atoms with Crippen LogP contribution in [-0.2, 0) is 11.2 Å². The standard InChI is InChI=1S/C19H18FN3OS/c1-12-3-6-16(9-13(12)2)21-18(24)10-17-11-25-19(23-17)22-15-7-4-14(20)5-8-15/h3-9,11H,10H2,1-2H3,(H,21,24)(H,22,23). The van der Waals surface area contributed by atoms with E-state index in [0.717, 1.165) is 16.9 Å². The number of amides is 1. The van der Waals surface area contributed by atoms with E-state index in [1.54, 1.807) is 12.1 Å². The van der Waals surface area contributed by atoms with Gasteiger partial charge in [0.25, 0.3) is 0 Å². The topological polar surface area (TPSA) is 54.0 Å². The van der Waals surface area contributed by atoms with Crippen LogP contribution in [0.1, 0.15) is 16.8 Å². The lowest BCUT2D eigenvalue weighted by atomic mass is 10.1. The third-order valence-corrected chi connectivity index (χ3v) is 4.59. The maximum atomic E-state index is 12.9. The van der Waals surface area contributed by atoms with Gasteiger partial charge in [-0.05, 0) is 61.4 Å². The van der Waals surface area contributed by atoms with E-state index in [2.05, 4.69) is 15.6 Å². The van der Waals surface area contributed by atoms with Gasteiger partial charge < -0.3 is 10.6 Å². The molecule has 0 aliphatic heterocycles. The van der Waals surface area contributed by atoms with Crippen LogP contribution in [0.3, 0.4) is 0 Å². The normalized spacial score (nSPS) is 10.5. The van der Waals surface area contributed by atoms with Crippen molar-refractivity contribution in [2.24, 2.45) is 0 Å². The van der Waals surface area contributed by atoms with Crippen molar-refractivity contribution < 1.29 is 9.18 Å². The van der Waals surface area contributed by atoms with E-state index in [4.69, 9.17) is 0 Å². The number of carbonyl (C=O) groups is 1. The third-order valence-electron chi connectivity index (χ3n) is 3.78. The molecule has 0 fully saturated rings. The van der Waals surface area contributed by atoms with E-state index >= 15 is 0 Å². The van der Waals surface area contributed by atoms with Gasteiger partial charge in [-0.2, -0.15) is 0 Å². The predicted molar refractivity (Wildman–Crippen MR) is 100 cm³/mol. The van der Waals surface area contributed by atoms with Crippen molar-refractivity contribution >= 4 is 33.8 Å². The monoisotopic (exact) mass is 355 g/mol. The number of hydrogen-bond donors (Lipinski definition) is 2. The highest BCUT2D eigenvalue weighted by atomic mass is 32.1. The number of thiazole rings is 1. The first kappa shape index (κ1) is 17.1. The van der Waals surface area contributed by atoms with E-state index in [0.29, 0.717) is 10.8 Å². The van der Waals surface area contributed by atoms with Gasteiger partial charge in [0.15, 0.2) is 5.13 Å². The number of aryl methyl sites for hydroxylation is 2. The zero-order valence-electron chi connectivity index (χ0n) is 14.0. The summed E-state index contributed by atoms with van der Waals surface area (Å²) in [7, 11) is 0. The molecule has 6 heteroatoms. The second-order valence-electron chi connectivity index (χ2n) is 5.80. The molecule has 3 aromatic rings. The fraction of sp³-hybridized carbons (Fsp3) is 0.158. The Morgan fingerprint density at radius 3 is 2.52 bits per heavy atom. The van der Waals surface area contributed by atoms with Crippen LogP contribution in [0.15, 0.2) is 47.8 Å². The molecular formula is C19H18FN3OS. The van der Waals surface area contributed by atoms with Crippen LogP contribution in [0.5, 0.6) is 0 Å². The number of rotatable bonds is 5. The fourth-order valence-corrected chi connectivity index (χ4v) is 3.02. The first-order chi connectivity index (χ1) is 12.0. The number of carbonyl (C=O) groups excluding carboxylic acids is 1. The second kappa shape index (κ2) is 7.44. The van der Waals surface area contributed by atoms with E-state index in [1.165, 1.54) is 29.0 Å². The van der Waals surface area contributed by atoms with Crippen molar-refractivity contribution in [3.63, 3.8) is 0 Å². The van der Waals surface area contributed by atoms with E-state index in [9.17, 15) is 9.18 Å². The van der Waals surface area contributed by atoms with Gasteiger partial charge in [-0.15, -0.1) is 11.3 Å². The number of anilines is 3. The first-order valence-electron chi connectivity index (χ1n) is 7.84. The molecule has 0 spiro atoms. The molecule has 2 aromatic carbocycles. The smallest absolute Gasteiger partial charge is 0.230 e. The van der Waals surface area contributed by atoms with Gasteiger partial charge in [0.05, 0.1) is 12.1 Å². The number of halogens is 1. The van der Waals surface area contributed by atoms with E-state index in [-0.39, 0.29) is 18.1 Å². The molecule has 0 radical (unpaired) electrons. The molecule has 0 saturated heterocycles. The Hall–Kier alpha value is -2.73. The van der Waals surface area contributed by atoms with E-state index in [1.807, 2.05) is 37.4 Å². The minimum Gasteiger partial charge on any atom is -0.332 e. The van der Waals surface area contributed by atoms with Gasteiger partial charge in [-0.25, -0.2) is 9.37 Å². The number of hydrogen-bond acceptors (Lipinski definition) is 4. The molecule has 0 bridgehead atoms. The molecular weight excluding hydrogens is 337 g/mol. The highest BCUT2D eigenvalue weighted by molar-refractivity contribution is 7.13. The van der Waals surface area contributed by atoms with Crippen LogP contribution in [0.25, 0.3) is 0 Å². The van der Waals surface area contributed by atoms with Crippen molar-refractivity contribution in [2.75, 3.05) is 10.6 Å². The molecule has 0 aliphatic rings. The molecule has 0 saturated carbocycles. The molecule has 25 heavy (non-hydrogen) atoms. The van der Waals surface area contributed by atoms with Crippen LogP contribution >= 0.6 is 11.3 Å². The minimum absolute atomic E-state index is 0.109. The van der Waals surface area contributed by atoms with Crippen molar-refractivity contribution in [1.29, 1.82) is 0 Å². The lowest BCUT2D eigenvalue weighted by Crippen LogP contribution is -2.14. The van der Waals surface area contributed by atoms with Gasteiger partial charge in [-0.1, -0.05) is 6.07 Å². The van der Waals surface area contributed by atoms with Crippen molar-refractivity contribution in [3.8, 4) is 0 Å². The van der Waals surface area contributed by atoms with Crippen molar-refractivity contribution in [3.05, 3.63) is 70.5 Å². The molecule has 128 valence electrons. The summed E-state index contributed by atoms with van der Waals surface area (Å²) in [6.07, 6.45) is 0.203. The Kier molecular flexibility index (Phi) is 5.09. The molecule has 0 aliphatic carbocycles. The average molecular weight is 355 g/mol. The molecule has 1 amide bonds. The van der Waals surface area contributed by atoms with Crippen molar-refractivity contribution in [1.82, 2.24) is 4.98 Å². The summed E-state index contributed by atoms with van der Waals surface area (Å²) in [6.45, 7) is 4.05. The summed E-state index contributed by atoms with van der Waals surface area (Å²) >= 11 is 1.41. The quantitative estimate of drug-likeness (QED) is 0.690. The summed E-state index contributed by atoms with van der Waals surface area (Å²) in [5.41, 5.74) is 4.55. The number of nitrogens with zero attached hydrogens (tertiary/aromatic N) is 1. The third kappa shape index (κ3) is 4.64. The predicted octanol–water partition coefficient (Wildman–Crippen LogP) is 4.82. The summed E-state index contributed by atoms with van der Waals surface area (Å²) in [6, 6.07) is 11.9. The van der Waals surface area contributed by atoms with Crippen molar-refractivity contribution in [2.45, 2.75) is 20.3 Å². The van der Waals surface area contributed by atoms with Crippen LogP contribution in [0.2, 0.25) is 0 Å². The largest absolute Gasteiger partial charge is 0.332 e. The number of benzene rings is 2. The lowest BCUT2D eigenvalue weighted by Gasteiger charge is -2.07.